The molecule has 0 atom stereocenters. The fourth-order valence-electron chi connectivity index (χ4n) is 2.72. The lowest BCUT2D eigenvalue weighted by atomic mass is 10.1. The van der Waals surface area contributed by atoms with Crippen molar-refractivity contribution in [1.29, 1.82) is 0 Å². The number of nitrogens with one attached hydrogen (secondary N) is 1. The monoisotopic (exact) mass is 295 g/mol. The first-order chi connectivity index (χ1) is 10.7. The summed E-state index contributed by atoms with van der Waals surface area (Å²) in [6.45, 7) is 4.14. The molecule has 0 bridgehead atoms. The molecule has 1 fully saturated rings. The van der Waals surface area contributed by atoms with Crippen LogP contribution in [0.5, 0.6) is 0 Å². The molecule has 4 heteroatoms. The van der Waals surface area contributed by atoms with Crippen molar-refractivity contribution in [3.05, 3.63) is 53.9 Å². The highest BCUT2D eigenvalue weighted by Crippen LogP contribution is 2.20. The Kier molecular flexibility index (Phi) is 4.37. The summed E-state index contributed by atoms with van der Waals surface area (Å²) in [4.78, 5) is 18.9. The number of nitrogens with zero attached hydrogens (tertiary/aromatic N) is 2. The molecule has 1 aromatic heterocycles. The Labute approximate surface area is 131 Å². The van der Waals surface area contributed by atoms with E-state index < -0.39 is 0 Å². The van der Waals surface area contributed by atoms with E-state index in [1.807, 2.05) is 43.3 Å². The van der Waals surface area contributed by atoms with Gasteiger partial charge in [0.05, 0.1) is 0 Å². The molecule has 2 heterocycles. The van der Waals surface area contributed by atoms with Crippen molar-refractivity contribution in [3.8, 4) is 0 Å². The van der Waals surface area contributed by atoms with Crippen LogP contribution >= 0.6 is 0 Å². The van der Waals surface area contributed by atoms with E-state index in [9.17, 15) is 4.79 Å². The highest BCUT2D eigenvalue weighted by molar-refractivity contribution is 6.03. The molecule has 1 amide bonds. The summed E-state index contributed by atoms with van der Waals surface area (Å²) in [6.07, 6.45) is 5.44. The quantitative estimate of drug-likeness (QED) is 0.940. The van der Waals surface area contributed by atoms with Crippen molar-refractivity contribution in [2.24, 2.45) is 0 Å². The summed E-state index contributed by atoms with van der Waals surface area (Å²) in [6, 6.07) is 11.6. The third kappa shape index (κ3) is 3.45. The molecule has 2 aromatic rings. The molecule has 1 aliphatic heterocycles. The van der Waals surface area contributed by atoms with Crippen LogP contribution in [0.15, 0.2) is 42.6 Å². The maximum absolute atomic E-state index is 12.3. The molecule has 0 saturated carbocycles. The van der Waals surface area contributed by atoms with Gasteiger partial charge < -0.3 is 10.2 Å². The predicted octanol–water partition coefficient (Wildman–Crippen LogP) is 3.63. The number of benzene rings is 1. The van der Waals surface area contributed by atoms with Crippen LogP contribution in [0.2, 0.25) is 0 Å². The van der Waals surface area contributed by atoms with Crippen LogP contribution in [0.25, 0.3) is 0 Å². The summed E-state index contributed by atoms with van der Waals surface area (Å²) in [5, 5.41) is 2.90. The molecule has 1 aromatic carbocycles. The molecule has 1 N–H and O–H groups in total. The lowest BCUT2D eigenvalue weighted by molar-refractivity contribution is 0.102. The number of aryl methyl sites for hydroxylation is 1. The second-order valence-electron chi connectivity index (χ2n) is 5.77. The Morgan fingerprint density at radius 1 is 1.09 bits per heavy atom. The SMILES string of the molecule is Cc1ccc(NC(=O)c2cc(N3CCCCC3)ccn2)cc1. The van der Waals surface area contributed by atoms with Gasteiger partial charge in [-0.1, -0.05) is 17.7 Å². The average Bonchev–Trinajstić information content (AvgIpc) is 2.58. The minimum absolute atomic E-state index is 0.164. The Morgan fingerprint density at radius 2 is 1.82 bits per heavy atom. The highest BCUT2D eigenvalue weighted by atomic mass is 16.1. The lowest BCUT2D eigenvalue weighted by Gasteiger charge is -2.28. The van der Waals surface area contributed by atoms with Crippen LogP contribution in [0.4, 0.5) is 11.4 Å². The van der Waals surface area contributed by atoms with Gasteiger partial charge in [0.2, 0.25) is 0 Å². The Bertz CT molecular complexity index is 646. The number of rotatable bonds is 3. The van der Waals surface area contributed by atoms with Gasteiger partial charge in [0.15, 0.2) is 0 Å². The van der Waals surface area contributed by atoms with Crippen LogP contribution in [-0.4, -0.2) is 24.0 Å². The smallest absolute Gasteiger partial charge is 0.274 e. The molecule has 0 unspecified atom stereocenters. The van der Waals surface area contributed by atoms with Gasteiger partial charge in [-0.05, 0) is 50.5 Å². The van der Waals surface area contributed by atoms with E-state index in [1.165, 1.54) is 24.8 Å². The molecule has 0 spiro atoms. The first-order valence-corrected chi connectivity index (χ1v) is 7.81. The lowest BCUT2D eigenvalue weighted by Crippen LogP contribution is -2.29. The fourth-order valence-corrected chi connectivity index (χ4v) is 2.72. The van der Waals surface area contributed by atoms with Crippen molar-refractivity contribution < 1.29 is 4.79 Å². The summed E-state index contributed by atoms with van der Waals surface area (Å²) in [5.74, 6) is -0.164. The van der Waals surface area contributed by atoms with E-state index in [0.717, 1.165) is 24.5 Å². The maximum Gasteiger partial charge on any atom is 0.274 e. The van der Waals surface area contributed by atoms with Gasteiger partial charge in [-0.25, -0.2) is 0 Å². The van der Waals surface area contributed by atoms with Gasteiger partial charge in [0.1, 0.15) is 5.69 Å². The Hall–Kier alpha value is -2.36. The van der Waals surface area contributed by atoms with Gasteiger partial charge in [-0.15, -0.1) is 0 Å². The van der Waals surface area contributed by atoms with E-state index in [1.54, 1.807) is 6.20 Å². The number of amides is 1. The summed E-state index contributed by atoms with van der Waals surface area (Å²) in [5.41, 5.74) is 3.51. The number of pyridine rings is 1. The summed E-state index contributed by atoms with van der Waals surface area (Å²) in [7, 11) is 0. The van der Waals surface area contributed by atoms with Crippen LogP contribution in [0.1, 0.15) is 35.3 Å². The van der Waals surface area contributed by atoms with Crippen molar-refractivity contribution >= 4 is 17.3 Å². The average molecular weight is 295 g/mol. The second-order valence-corrected chi connectivity index (χ2v) is 5.77. The standard InChI is InChI=1S/C18H21N3O/c1-14-5-7-15(8-6-14)20-18(22)17-13-16(9-10-19-17)21-11-3-2-4-12-21/h5-10,13H,2-4,11-12H2,1H3,(H,20,22). The molecular formula is C18H21N3O. The molecule has 114 valence electrons. The van der Waals surface area contributed by atoms with Gasteiger partial charge in [-0.3, -0.25) is 9.78 Å². The van der Waals surface area contributed by atoms with Gasteiger partial charge in [0.25, 0.3) is 5.91 Å². The maximum atomic E-state index is 12.3. The third-order valence-corrected chi connectivity index (χ3v) is 4.01. The van der Waals surface area contributed by atoms with Crippen LogP contribution < -0.4 is 10.2 Å². The van der Waals surface area contributed by atoms with Crippen molar-refractivity contribution in [3.63, 3.8) is 0 Å². The van der Waals surface area contributed by atoms with Gasteiger partial charge in [0, 0.05) is 30.7 Å². The minimum Gasteiger partial charge on any atom is -0.371 e. The van der Waals surface area contributed by atoms with Gasteiger partial charge in [-0.2, -0.15) is 0 Å². The number of aromatic nitrogens is 1. The minimum atomic E-state index is -0.164. The molecule has 0 radical (unpaired) electrons. The molecular weight excluding hydrogens is 274 g/mol. The normalized spacial score (nSPS) is 14.7. The second kappa shape index (κ2) is 6.60. The number of piperidine rings is 1. The van der Waals surface area contributed by atoms with Crippen LogP contribution in [0.3, 0.4) is 0 Å². The fraction of sp³-hybridized carbons (Fsp3) is 0.333. The summed E-state index contributed by atoms with van der Waals surface area (Å²) < 4.78 is 0. The van der Waals surface area contributed by atoms with E-state index in [2.05, 4.69) is 15.2 Å². The first-order valence-electron chi connectivity index (χ1n) is 7.81. The van der Waals surface area contributed by atoms with E-state index in [4.69, 9.17) is 0 Å². The molecule has 3 rings (SSSR count). The van der Waals surface area contributed by atoms with Crippen molar-refractivity contribution in [2.45, 2.75) is 26.2 Å². The van der Waals surface area contributed by atoms with Crippen molar-refractivity contribution in [1.82, 2.24) is 4.98 Å². The first kappa shape index (κ1) is 14.6. The zero-order valence-corrected chi connectivity index (χ0v) is 12.9. The molecule has 1 aliphatic rings. The highest BCUT2D eigenvalue weighted by Gasteiger charge is 2.14. The predicted molar refractivity (Wildman–Crippen MR) is 89.4 cm³/mol. The third-order valence-electron chi connectivity index (χ3n) is 4.01. The zero-order chi connectivity index (χ0) is 15.4. The topological polar surface area (TPSA) is 45.2 Å². The number of hydrogen-bond acceptors (Lipinski definition) is 3. The zero-order valence-electron chi connectivity index (χ0n) is 12.9. The van der Waals surface area contributed by atoms with E-state index in [0.29, 0.717) is 5.69 Å². The Morgan fingerprint density at radius 3 is 2.55 bits per heavy atom. The number of anilines is 2. The summed E-state index contributed by atoms with van der Waals surface area (Å²) >= 11 is 0. The molecule has 0 aliphatic carbocycles. The molecule has 4 nitrogen and oxygen atoms in total. The Balaban J connectivity index is 1.73. The van der Waals surface area contributed by atoms with E-state index >= 15 is 0 Å². The van der Waals surface area contributed by atoms with E-state index in [-0.39, 0.29) is 5.91 Å². The largest absolute Gasteiger partial charge is 0.371 e. The van der Waals surface area contributed by atoms with Crippen LogP contribution in [-0.2, 0) is 0 Å². The molecule has 22 heavy (non-hydrogen) atoms. The number of carbonyl (C=O) groups excluding carboxylic acids is 1. The number of hydrogen-bond donors (Lipinski definition) is 1. The molecule has 1 saturated heterocycles. The van der Waals surface area contributed by atoms with Gasteiger partial charge >= 0.3 is 0 Å². The van der Waals surface area contributed by atoms with Crippen LogP contribution in [0, 0.1) is 6.92 Å². The van der Waals surface area contributed by atoms with Crippen molar-refractivity contribution in [2.75, 3.05) is 23.3 Å². The number of carbonyl (C=O) groups is 1.